The maximum atomic E-state index is 13.1. The summed E-state index contributed by atoms with van der Waals surface area (Å²) >= 11 is 0. The first-order valence-electron chi connectivity index (χ1n) is 10.9. The van der Waals surface area contributed by atoms with Crippen molar-refractivity contribution >= 4 is 37.3 Å². The number of benzene rings is 2. The summed E-state index contributed by atoms with van der Waals surface area (Å²) < 4.78 is 53.3. The largest absolute Gasteiger partial charge is 0.324 e. The Morgan fingerprint density at radius 3 is 2.12 bits per heavy atom. The molecule has 1 saturated heterocycles. The lowest BCUT2D eigenvalue weighted by atomic mass is 10.1. The third-order valence-electron chi connectivity index (χ3n) is 5.90. The average molecular weight is 494 g/mol. The molecule has 2 aromatic carbocycles. The number of anilines is 2. The summed E-state index contributed by atoms with van der Waals surface area (Å²) in [7, 11) is -7.29. The quantitative estimate of drug-likeness (QED) is 0.608. The van der Waals surface area contributed by atoms with E-state index in [0.717, 1.165) is 34.5 Å². The van der Waals surface area contributed by atoms with Gasteiger partial charge in [-0.15, -0.1) is 0 Å². The molecular weight excluding hydrogens is 462 g/mol. The molecule has 1 N–H and O–H groups in total. The van der Waals surface area contributed by atoms with Gasteiger partial charge in [0.1, 0.15) is 6.04 Å². The number of rotatable bonds is 8. The molecule has 1 aliphatic rings. The number of nitrogens with zero attached hydrogens (tertiary/aromatic N) is 2. The molecule has 0 aromatic heterocycles. The Labute approximate surface area is 196 Å². The maximum Gasteiger partial charge on any atom is 0.248 e. The highest BCUT2D eigenvalue weighted by molar-refractivity contribution is 7.92. The van der Waals surface area contributed by atoms with Gasteiger partial charge in [0.2, 0.25) is 26.0 Å². The van der Waals surface area contributed by atoms with Crippen LogP contribution in [0.25, 0.3) is 0 Å². The number of amides is 1. The zero-order chi connectivity index (χ0) is 24.4. The van der Waals surface area contributed by atoms with Crippen molar-refractivity contribution in [2.24, 2.45) is 0 Å². The lowest BCUT2D eigenvalue weighted by Crippen LogP contribution is -2.47. The van der Waals surface area contributed by atoms with Crippen LogP contribution in [0.2, 0.25) is 0 Å². The molecule has 0 bridgehead atoms. The minimum Gasteiger partial charge on any atom is -0.324 e. The van der Waals surface area contributed by atoms with Crippen LogP contribution in [0.5, 0.6) is 0 Å². The van der Waals surface area contributed by atoms with E-state index in [0.29, 0.717) is 24.5 Å². The summed E-state index contributed by atoms with van der Waals surface area (Å²) in [5.41, 5.74) is 2.77. The van der Waals surface area contributed by atoms with Gasteiger partial charge < -0.3 is 5.32 Å². The Kier molecular flexibility index (Phi) is 7.50. The van der Waals surface area contributed by atoms with Crippen molar-refractivity contribution in [1.82, 2.24) is 4.31 Å². The van der Waals surface area contributed by atoms with Crippen LogP contribution in [-0.4, -0.2) is 52.4 Å². The monoisotopic (exact) mass is 493 g/mol. The summed E-state index contributed by atoms with van der Waals surface area (Å²) in [5, 5.41) is 2.74. The topological polar surface area (TPSA) is 104 Å². The molecule has 8 nitrogen and oxygen atoms in total. The molecule has 33 heavy (non-hydrogen) atoms. The van der Waals surface area contributed by atoms with Crippen LogP contribution >= 0.6 is 0 Å². The van der Waals surface area contributed by atoms with Crippen molar-refractivity contribution in [2.75, 3.05) is 29.0 Å². The van der Waals surface area contributed by atoms with Gasteiger partial charge in [-0.3, -0.25) is 9.10 Å². The normalized spacial score (nSPS) is 15.9. The zero-order valence-corrected chi connectivity index (χ0v) is 21.0. The third kappa shape index (κ3) is 5.56. The van der Waals surface area contributed by atoms with E-state index in [-0.39, 0.29) is 11.3 Å². The standard InChI is InChI=1S/C23H31N3O5S2/c1-5-22(26(32(4,28)29)20-11-8-17(2)18(3)16-20)23(27)24-19-9-12-21(13-10-19)33(30,31)25-14-6-7-15-25/h8-13,16,22H,5-7,14-15H2,1-4H3,(H,24,27)/t22-/m1/s1. The number of carbonyl (C=O) groups excluding carboxylic acids is 1. The van der Waals surface area contributed by atoms with Crippen LogP contribution in [0.3, 0.4) is 0 Å². The van der Waals surface area contributed by atoms with E-state index in [2.05, 4.69) is 5.32 Å². The molecule has 0 saturated carbocycles. The van der Waals surface area contributed by atoms with Gasteiger partial charge in [0, 0.05) is 18.8 Å². The highest BCUT2D eigenvalue weighted by atomic mass is 32.2. The molecular formula is C23H31N3O5S2. The van der Waals surface area contributed by atoms with Gasteiger partial charge in [-0.1, -0.05) is 13.0 Å². The summed E-state index contributed by atoms with van der Waals surface area (Å²) in [6.45, 7) is 6.59. The number of aryl methyl sites for hydroxylation is 2. The first-order chi connectivity index (χ1) is 15.4. The molecule has 3 rings (SSSR count). The predicted octanol–water partition coefficient (Wildman–Crippen LogP) is 3.27. The van der Waals surface area contributed by atoms with Crippen LogP contribution in [-0.2, 0) is 24.8 Å². The Hall–Kier alpha value is -2.43. The van der Waals surface area contributed by atoms with E-state index in [1.165, 1.54) is 28.6 Å². The van der Waals surface area contributed by atoms with Gasteiger partial charge in [0.05, 0.1) is 16.8 Å². The second-order valence-electron chi connectivity index (χ2n) is 8.38. The molecule has 10 heteroatoms. The van der Waals surface area contributed by atoms with Crippen LogP contribution in [0.1, 0.15) is 37.3 Å². The summed E-state index contributed by atoms with van der Waals surface area (Å²) in [5.74, 6) is -0.490. The number of sulfonamides is 2. The molecule has 1 amide bonds. The molecule has 1 fully saturated rings. The number of nitrogens with one attached hydrogen (secondary N) is 1. The van der Waals surface area contributed by atoms with Gasteiger partial charge in [0.15, 0.2) is 0 Å². The fourth-order valence-corrected chi connectivity index (χ4v) is 6.66. The maximum absolute atomic E-state index is 13.1. The molecule has 2 aromatic rings. The second kappa shape index (κ2) is 9.82. The lowest BCUT2D eigenvalue weighted by molar-refractivity contribution is -0.117. The second-order valence-corrected chi connectivity index (χ2v) is 12.2. The zero-order valence-electron chi connectivity index (χ0n) is 19.4. The Morgan fingerprint density at radius 1 is 1.00 bits per heavy atom. The Morgan fingerprint density at radius 2 is 1.61 bits per heavy atom. The number of carbonyl (C=O) groups is 1. The van der Waals surface area contributed by atoms with Crippen molar-refractivity contribution < 1.29 is 21.6 Å². The van der Waals surface area contributed by atoms with Crippen LogP contribution in [0.4, 0.5) is 11.4 Å². The highest BCUT2D eigenvalue weighted by Gasteiger charge is 2.32. The van der Waals surface area contributed by atoms with Gasteiger partial charge in [-0.2, -0.15) is 4.31 Å². The van der Waals surface area contributed by atoms with Crippen molar-refractivity contribution in [3.8, 4) is 0 Å². The Bertz CT molecular complexity index is 1220. The first kappa shape index (κ1) is 25.2. The number of hydrogen-bond acceptors (Lipinski definition) is 5. The molecule has 0 aliphatic carbocycles. The van der Waals surface area contributed by atoms with Crippen LogP contribution < -0.4 is 9.62 Å². The highest BCUT2D eigenvalue weighted by Crippen LogP contribution is 2.26. The predicted molar refractivity (Wildman–Crippen MR) is 130 cm³/mol. The van der Waals surface area contributed by atoms with E-state index in [1.807, 2.05) is 19.9 Å². The van der Waals surface area contributed by atoms with Crippen LogP contribution in [0, 0.1) is 13.8 Å². The van der Waals surface area contributed by atoms with Crippen molar-refractivity contribution in [3.05, 3.63) is 53.6 Å². The van der Waals surface area contributed by atoms with Gasteiger partial charge >= 0.3 is 0 Å². The van der Waals surface area contributed by atoms with Gasteiger partial charge in [0.25, 0.3) is 0 Å². The van der Waals surface area contributed by atoms with E-state index in [9.17, 15) is 21.6 Å². The van der Waals surface area contributed by atoms with E-state index in [4.69, 9.17) is 0 Å². The molecule has 1 heterocycles. The third-order valence-corrected chi connectivity index (χ3v) is 8.99. The average Bonchev–Trinajstić information content (AvgIpc) is 3.29. The molecule has 0 unspecified atom stereocenters. The summed E-state index contributed by atoms with van der Waals surface area (Å²) in [4.78, 5) is 13.3. The van der Waals surface area contributed by atoms with Gasteiger partial charge in [-0.05, 0) is 80.6 Å². The summed E-state index contributed by atoms with van der Waals surface area (Å²) in [6.07, 6.45) is 3.04. The smallest absolute Gasteiger partial charge is 0.248 e. The fraction of sp³-hybridized carbons (Fsp3) is 0.435. The van der Waals surface area contributed by atoms with E-state index < -0.39 is 32.0 Å². The van der Waals surface area contributed by atoms with Crippen molar-refractivity contribution in [3.63, 3.8) is 0 Å². The fourth-order valence-electron chi connectivity index (χ4n) is 3.94. The van der Waals surface area contributed by atoms with E-state index >= 15 is 0 Å². The Balaban J connectivity index is 1.83. The molecule has 1 atom stereocenters. The molecule has 180 valence electrons. The van der Waals surface area contributed by atoms with E-state index in [1.54, 1.807) is 19.1 Å². The minimum atomic E-state index is -3.74. The lowest BCUT2D eigenvalue weighted by Gasteiger charge is -2.30. The van der Waals surface area contributed by atoms with Crippen molar-refractivity contribution in [2.45, 2.75) is 51.0 Å². The SMILES string of the molecule is CC[C@H](C(=O)Nc1ccc(S(=O)(=O)N2CCCC2)cc1)N(c1ccc(C)c(C)c1)S(C)(=O)=O. The minimum absolute atomic E-state index is 0.169. The van der Waals surface area contributed by atoms with Crippen molar-refractivity contribution in [1.29, 1.82) is 0 Å². The summed E-state index contributed by atoms with van der Waals surface area (Å²) in [6, 6.07) is 10.3. The van der Waals surface area contributed by atoms with Gasteiger partial charge in [-0.25, -0.2) is 16.8 Å². The molecule has 0 spiro atoms. The molecule has 0 radical (unpaired) electrons. The molecule has 1 aliphatic heterocycles. The van der Waals surface area contributed by atoms with Crippen LogP contribution in [0.15, 0.2) is 47.4 Å². The number of hydrogen-bond donors (Lipinski definition) is 1. The first-order valence-corrected chi connectivity index (χ1v) is 14.2.